The molecule has 9 nitrogen and oxygen atoms in total. The van der Waals surface area contributed by atoms with Crippen molar-refractivity contribution in [3.8, 4) is 28.7 Å². The Morgan fingerprint density at radius 2 is 1.67 bits per heavy atom. The number of nitrogens with zero attached hydrogens (tertiary/aromatic N) is 3. The van der Waals surface area contributed by atoms with E-state index < -0.39 is 5.97 Å². The van der Waals surface area contributed by atoms with Gasteiger partial charge in [0.15, 0.2) is 18.1 Å². The zero-order valence-electron chi connectivity index (χ0n) is 19.0. The molecule has 0 unspecified atom stereocenters. The molecule has 0 aliphatic rings. The van der Waals surface area contributed by atoms with Gasteiger partial charge < -0.3 is 23.4 Å². The molecular weight excluding hydrogens is 426 g/mol. The molecule has 0 fully saturated rings. The molecule has 0 bridgehead atoms. The van der Waals surface area contributed by atoms with Gasteiger partial charge in [-0.05, 0) is 37.6 Å². The van der Waals surface area contributed by atoms with Crippen LogP contribution < -0.4 is 14.2 Å². The number of rotatable bonds is 7. The van der Waals surface area contributed by atoms with Crippen molar-refractivity contribution in [3.63, 3.8) is 0 Å². The Labute approximate surface area is 190 Å². The molecule has 0 radical (unpaired) electrons. The summed E-state index contributed by atoms with van der Waals surface area (Å²) in [5, 5.41) is 8.93. The third-order valence-electron chi connectivity index (χ3n) is 5.24. The van der Waals surface area contributed by atoms with Crippen molar-refractivity contribution in [2.45, 2.75) is 20.5 Å². The van der Waals surface area contributed by atoms with Crippen LogP contribution in [0.5, 0.6) is 17.2 Å². The van der Waals surface area contributed by atoms with Gasteiger partial charge in [0, 0.05) is 10.9 Å². The molecule has 0 aliphatic carbocycles. The fourth-order valence-electron chi connectivity index (χ4n) is 3.66. The molecule has 2 aromatic carbocycles. The summed E-state index contributed by atoms with van der Waals surface area (Å²) in [4.78, 5) is 17.3. The second-order valence-electron chi connectivity index (χ2n) is 7.21. The molecule has 0 N–H and O–H groups in total. The second kappa shape index (κ2) is 9.15. The number of carbonyl (C=O) groups is 1. The molecule has 0 saturated carbocycles. The first-order valence-electron chi connectivity index (χ1n) is 10.1. The minimum Gasteiger partial charge on any atom is -0.493 e. The van der Waals surface area contributed by atoms with Crippen LogP contribution in [0.4, 0.5) is 0 Å². The fourth-order valence-corrected chi connectivity index (χ4v) is 3.66. The highest BCUT2D eigenvalue weighted by Gasteiger charge is 2.20. The van der Waals surface area contributed by atoms with E-state index in [0.29, 0.717) is 34.1 Å². The highest BCUT2D eigenvalue weighted by Crippen LogP contribution is 2.40. The molecule has 0 aliphatic heterocycles. The average Bonchev–Trinajstić information content (AvgIpc) is 3.31. The maximum atomic E-state index is 12.8. The normalized spacial score (nSPS) is 10.8. The molecule has 0 atom stereocenters. The average molecular weight is 449 g/mol. The number of para-hydroxylation sites is 1. The fraction of sp³-hybridized carbons (Fsp3) is 0.250. The minimum absolute atomic E-state index is 0.149. The number of aromatic nitrogens is 3. The first kappa shape index (κ1) is 22.1. The Morgan fingerprint density at radius 3 is 2.33 bits per heavy atom. The number of aryl methyl sites for hydroxylation is 2. The second-order valence-corrected chi connectivity index (χ2v) is 7.21. The zero-order chi connectivity index (χ0) is 23.5. The van der Waals surface area contributed by atoms with Gasteiger partial charge in [-0.3, -0.25) is 4.98 Å². The van der Waals surface area contributed by atoms with E-state index in [-0.39, 0.29) is 18.4 Å². The van der Waals surface area contributed by atoms with Crippen molar-refractivity contribution in [1.82, 2.24) is 15.2 Å². The maximum Gasteiger partial charge on any atom is 0.340 e. The van der Waals surface area contributed by atoms with Gasteiger partial charge in [-0.15, -0.1) is 10.2 Å². The van der Waals surface area contributed by atoms with Crippen LogP contribution in [0.25, 0.3) is 22.4 Å². The quantitative estimate of drug-likeness (QED) is 0.382. The third-order valence-corrected chi connectivity index (χ3v) is 5.24. The van der Waals surface area contributed by atoms with Gasteiger partial charge in [0.1, 0.15) is 0 Å². The van der Waals surface area contributed by atoms with Crippen molar-refractivity contribution < 1.29 is 28.2 Å². The summed E-state index contributed by atoms with van der Waals surface area (Å²) in [5.41, 5.74) is 3.24. The van der Waals surface area contributed by atoms with Crippen LogP contribution in [0.3, 0.4) is 0 Å². The van der Waals surface area contributed by atoms with E-state index in [9.17, 15) is 4.79 Å². The highest BCUT2D eigenvalue weighted by atomic mass is 16.5. The van der Waals surface area contributed by atoms with E-state index in [1.54, 1.807) is 19.1 Å². The van der Waals surface area contributed by atoms with Gasteiger partial charge >= 0.3 is 5.97 Å². The van der Waals surface area contributed by atoms with Crippen LogP contribution >= 0.6 is 0 Å². The van der Waals surface area contributed by atoms with Crippen molar-refractivity contribution in [1.29, 1.82) is 0 Å². The minimum atomic E-state index is -0.504. The van der Waals surface area contributed by atoms with Crippen LogP contribution in [0, 0.1) is 13.8 Å². The predicted octanol–water partition coefficient (Wildman–Crippen LogP) is 4.28. The molecule has 2 heterocycles. The van der Waals surface area contributed by atoms with E-state index in [1.165, 1.54) is 21.3 Å². The summed E-state index contributed by atoms with van der Waals surface area (Å²) >= 11 is 0. The lowest BCUT2D eigenvalue weighted by molar-refractivity contribution is 0.0436. The van der Waals surface area contributed by atoms with Gasteiger partial charge in [-0.25, -0.2) is 4.79 Å². The number of fused-ring (bicyclic) bond motifs is 1. The van der Waals surface area contributed by atoms with Crippen molar-refractivity contribution in [2.24, 2.45) is 0 Å². The number of ether oxygens (including phenoxy) is 4. The van der Waals surface area contributed by atoms with Crippen LogP contribution in [0.2, 0.25) is 0 Å². The Bertz CT molecular complexity index is 1310. The summed E-state index contributed by atoms with van der Waals surface area (Å²) in [5.74, 6) is 1.22. The topological polar surface area (TPSA) is 106 Å². The Kier molecular flexibility index (Phi) is 6.12. The first-order chi connectivity index (χ1) is 16.0. The molecular formula is C24H23N3O6. The van der Waals surface area contributed by atoms with Crippen molar-refractivity contribution in [3.05, 3.63) is 59.1 Å². The van der Waals surface area contributed by atoms with Crippen LogP contribution in [-0.4, -0.2) is 42.5 Å². The SMILES string of the molecule is COc1cc(-c2nnc(COC(=O)c3c(C)nc4ccccc4c3C)o2)cc(OC)c1OC. The number of benzene rings is 2. The lowest BCUT2D eigenvalue weighted by atomic mass is 10.0. The summed E-state index contributed by atoms with van der Waals surface area (Å²) in [7, 11) is 4.56. The molecule has 0 saturated heterocycles. The molecule has 33 heavy (non-hydrogen) atoms. The van der Waals surface area contributed by atoms with E-state index in [0.717, 1.165) is 16.5 Å². The summed E-state index contributed by atoms with van der Waals surface area (Å²) < 4.78 is 27.2. The molecule has 0 amide bonds. The molecule has 0 spiro atoms. The van der Waals surface area contributed by atoms with Gasteiger partial charge in [-0.2, -0.15) is 0 Å². The smallest absolute Gasteiger partial charge is 0.340 e. The molecule has 4 rings (SSSR count). The monoisotopic (exact) mass is 449 g/mol. The number of hydrogen-bond acceptors (Lipinski definition) is 9. The largest absolute Gasteiger partial charge is 0.493 e. The van der Waals surface area contributed by atoms with E-state index in [2.05, 4.69) is 15.2 Å². The number of esters is 1. The van der Waals surface area contributed by atoms with E-state index >= 15 is 0 Å². The Morgan fingerprint density at radius 1 is 0.970 bits per heavy atom. The predicted molar refractivity (Wildman–Crippen MR) is 120 cm³/mol. The number of pyridine rings is 1. The first-order valence-corrected chi connectivity index (χ1v) is 10.1. The van der Waals surface area contributed by atoms with Gasteiger partial charge in [0.2, 0.25) is 11.6 Å². The van der Waals surface area contributed by atoms with Crippen molar-refractivity contribution in [2.75, 3.05) is 21.3 Å². The Hall–Kier alpha value is -4.14. The third kappa shape index (κ3) is 4.17. The lowest BCUT2D eigenvalue weighted by Crippen LogP contribution is -2.11. The van der Waals surface area contributed by atoms with Crippen LogP contribution in [0.1, 0.15) is 27.5 Å². The molecule has 9 heteroatoms. The molecule has 2 aromatic heterocycles. The van der Waals surface area contributed by atoms with E-state index in [4.69, 9.17) is 23.4 Å². The van der Waals surface area contributed by atoms with Gasteiger partial charge in [0.05, 0.1) is 38.1 Å². The number of methoxy groups -OCH3 is 3. The highest BCUT2D eigenvalue weighted by molar-refractivity contribution is 5.98. The Balaban J connectivity index is 1.55. The van der Waals surface area contributed by atoms with Crippen LogP contribution in [0.15, 0.2) is 40.8 Å². The maximum absolute atomic E-state index is 12.8. The molecule has 170 valence electrons. The number of hydrogen-bond donors (Lipinski definition) is 0. The number of carbonyl (C=O) groups excluding carboxylic acids is 1. The van der Waals surface area contributed by atoms with E-state index in [1.807, 2.05) is 31.2 Å². The summed E-state index contributed by atoms with van der Waals surface area (Å²) in [6, 6.07) is 11.0. The van der Waals surface area contributed by atoms with Crippen LogP contribution in [-0.2, 0) is 11.3 Å². The molecule has 4 aromatic rings. The lowest BCUT2D eigenvalue weighted by Gasteiger charge is -2.12. The van der Waals surface area contributed by atoms with Crippen molar-refractivity contribution >= 4 is 16.9 Å². The standard InChI is InChI=1S/C24H23N3O6/c1-13-16-8-6-7-9-17(16)25-14(2)21(13)24(28)32-12-20-26-27-23(33-20)15-10-18(29-3)22(31-5)19(11-15)30-4/h6-11H,12H2,1-5H3. The van der Waals surface area contributed by atoms with Gasteiger partial charge in [0.25, 0.3) is 5.89 Å². The summed E-state index contributed by atoms with van der Waals surface area (Å²) in [6.07, 6.45) is 0. The zero-order valence-corrected chi connectivity index (χ0v) is 19.0. The summed E-state index contributed by atoms with van der Waals surface area (Å²) in [6.45, 7) is 3.48. The van der Waals surface area contributed by atoms with Gasteiger partial charge in [-0.1, -0.05) is 18.2 Å².